The van der Waals surface area contributed by atoms with Crippen LogP contribution < -0.4 is 4.57 Å². The second kappa shape index (κ2) is 8.47. The number of aryl methyl sites for hydroxylation is 3. The third-order valence-corrected chi connectivity index (χ3v) is 7.53. The predicted octanol–water partition coefficient (Wildman–Crippen LogP) is 7.32. The molecule has 3 heterocycles. The van der Waals surface area contributed by atoms with E-state index in [0.717, 1.165) is 50.5 Å². The smallest absolute Gasteiger partial charge is 0.289 e. The van der Waals surface area contributed by atoms with Crippen molar-refractivity contribution in [1.29, 1.82) is 0 Å². The molecule has 0 aliphatic carbocycles. The Bertz CT molecular complexity index is 1840. The van der Waals surface area contributed by atoms with Crippen LogP contribution in [0.3, 0.4) is 0 Å². The minimum absolute atomic E-state index is 0.188. The molecule has 0 unspecified atom stereocenters. The molecule has 0 aliphatic rings. The molecule has 3 aromatic heterocycles. The zero-order valence-corrected chi connectivity index (χ0v) is 24.3. The Morgan fingerprint density at radius 3 is 2.05 bits per heavy atom. The Hall–Kier alpha value is -4.06. The summed E-state index contributed by atoms with van der Waals surface area (Å²) in [5, 5.41) is 2.20. The molecule has 6 rings (SSSR count). The molecular weight excluding hydrogens is 482 g/mol. The van der Waals surface area contributed by atoms with E-state index in [4.69, 9.17) is 19.4 Å². The number of aromatic nitrogens is 5. The molecule has 0 atom stereocenters. The minimum Gasteiger partial charge on any atom is -0.456 e. The molecule has 0 amide bonds. The first kappa shape index (κ1) is 25.2. The zero-order valence-electron chi connectivity index (χ0n) is 24.3. The van der Waals surface area contributed by atoms with Gasteiger partial charge in [-0.2, -0.15) is 0 Å². The lowest BCUT2D eigenvalue weighted by molar-refractivity contribution is -0.634. The Morgan fingerprint density at radius 1 is 0.769 bits per heavy atom. The lowest BCUT2D eigenvalue weighted by Crippen LogP contribution is -2.30. The van der Waals surface area contributed by atoms with Gasteiger partial charge in [-0.3, -0.25) is 0 Å². The van der Waals surface area contributed by atoms with Crippen molar-refractivity contribution in [3.05, 3.63) is 71.8 Å². The number of nitrogens with zero attached hydrogens (tertiary/aromatic N) is 5. The zero-order chi connectivity index (χ0) is 27.9. The molecule has 198 valence electrons. The Balaban J connectivity index is 1.52. The van der Waals surface area contributed by atoms with E-state index in [9.17, 15) is 0 Å². The largest absolute Gasteiger partial charge is 0.456 e. The minimum atomic E-state index is -0.188. The lowest BCUT2D eigenvalue weighted by atomic mass is 9.93. The van der Waals surface area contributed by atoms with E-state index >= 15 is 0 Å². The first-order valence-corrected chi connectivity index (χ1v) is 13.5. The van der Waals surface area contributed by atoms with Crippen molar-refractivity contribution < 1.29 is 8.98 Å². The van der Waals surface area contributed by atoms with Crippen LogP contribution in [0.4, 0.5) is 0 Å². The van der Waals surface area contributed by atoms with Gasteiger partial charge in [-0.25, -0.2) is 24.1 Å². The maximum absolute atomic E-state index is 6.49. The van der Waals surface area contributed by atoms with Gasteiger partial charge in [0.2, 0.25) is 0 Å². The number of fused-ring (bicyclic) bond motifs is 4. The van der Waals surface area contributed by atoms with E-state index < -0.39 is 0 Å². The molecule has 0 fully saturated rings. The van der Waals surface area contributed by atoms with Gasteiger partial charge in [0.15, 0.2) is 16.9 Å². The van der Waals surface area contributed by atoms with Crippen LogP contribution >= 0.6 is 0 Å². The van der Waals surface area contributed by atoms with Crippen LogP contribution in [0.25, 0.3) is 55.7 Å². The number of benzene rings is 3. The standard InChI is InChI=1S/C33H36N5O/c1-19-16-23-21-15-14-20(28-34-30(32(2,3)4)36-31(35-28)33(5,6)7)17-26(21)39-27(23)18-22(19)29-37(8)24-12-10-11-13-25(24)38(29)9/h10-18H,1-9H3/q+1. The molecule has 0 bridgehead atoms. The van der Waals surface area contributed by atoms with Gasteiger partial charge in [0, 0.05) is 27.2 Å². The van der Waals surface area contributed by atoms with Crippen LogP contribution in [0.2, 0.25) is 0 Å². The van der Waals surface area contributed by atoms with Crippen molar-refractivity contribution in [3.63, 3.8) is 0 Å². The lowest BCUT2D eigenvalue weighted by Gasteiger charge is -2.22. The summed E-state index contributed by atoms with van der Waals surface area (Å²) >= 11 is 0. The highest BCUT2D eigenvalue weighted by atomic mass is 16.3. The van der Waals surface area contributed by atoms with Crippen molar-refractivity contribution in [1.82, 2.24) is 19.5 Å². The number of rotatable bonds is 2. The third kappa shape index (κ3) is 4.10. The summed E-state index contributed by atoms with van der Waals surface area (Å²) in [4.78, 5) is 14.6. The van der Waals surface area contributed by atoms with Crippen molar-refractivity contribution >= 4 is 33.0 Å². The number of hydrogen-bond acceptors (Lipinski definition) is 4. The summed E-state index contributed by atoms with van der Waals surface area (Å²) < 4.78 is 11.0. The highest BCUT2D eigenvalue weighted by molar-refractivity contribution is 6.07. The topological polar surface area (TPSA) is 60.6 Å². The van der Waals surface area contributed by atoms with Crippen molar-refractivity contribution in [3.8, 4) is 22.8 Å². The van der Waals surface area contributed by atoms with Crippen LogP contribution in [0.15, 0.2) is 59.0 Å². The molecule has 3 aromatic carbocycles. The molecule has 39 heavy (non-hydrogen) atoms. The van der Waals surface area contributed by atoms with Crippen LogP contribution in [0.5, 0.6) is 0 Å². The highest BCUT2D eigenvalue weighted by Gasteiger charge is 2.27. The molecule has 6 aromatic rings. The summed E-state index contributed by atoms with van der Waals surface area (Å²) in [6.45, 7) is 15.0. The molecule has 0 spiro atoms. The second-order valence-electron chi connectivity index (χ2n) is 12.7. The van der Waals surface area contributed by atoms with Crippen molar-refractivity contribution in [2.45, 2.75) is 59.3 Å². The van der Waals surface area contributed by atoms with E-state index in [0.29, 0.717) is 5.82 Å². The average Bonchev–Trinajstić information content (AvgIpc) is 3.35. The normalized spacial score (nSPS) is 12.7. The first-order chi connectivity index (χ1) is 18.3. The highest BCUT2D eigenvalue weighted by Crippen LogP contribution is 2.36. The van der Waals surface area contributed by atoms with Gasteiger partial charge < -0.3 is 4.42 Å². The van der Waals surface area contributed by atoms with Gasteiger partial charge in [0.05, 0.1) is 19.7 Å². The summed E-state index contributed by atoms with van der Waals surface area (Å²) in [5.74, 6) is 3.42. The third-order valence-electron chi connectivity index (χ3n) is 7.53. The summed E-state index contributed by atoms with van der Waals surface area (Å²) in [6, 6.07) is 19.2. The summed E-state index contributed by atoms with van der Waals surface area (Å²) in [7, 11) is 4.25. The monoisotopic (exact) mass is 518 g/mol. The van der Waals surface area contributed by atoms with E-state index in [1.807, 2.05) is 0 Å². The molecule has 0 saturated carbocycles. The number of furan rings is 1. The Labute approximate surface area is 229 Å². The molecule has 6 heteroatoms. The van der Waals surface area contributed by atoms with Crippen molar-refractivity contribution in [2.24, 2.45) is 14.1 Å². The SMILES string of the molecule is Cc1cc2c(cc1-c1n(C)c3ccccc3[n+]1C)oc1cc(-c3nc(C(C)(C)C)nc(C(C)(C)C)n3)ccc12. The van der Waals surface area contributed by atoms with Crippen LogP contribution in [0, 0.1) is 6.92 Å². The van der Waals surface area contributed by atoms with E-state index in [1.54, 1.807) is 0 Å². The number of hydrogen-bond donors (Lipinski definition) is 0. The molecule has 0 aliphatic heterocycles. The maximum Gasteiger partial charge on any atom is 0.289 e. The molecule has 0 radical (unpaired) electrons. The predicted molar refractivity (Wildman–Crippen MR) is 158 cm³/mol. The van der Waals surface area contributed by atoms with Crippen LogP contribution in [0.1, 0.15) is 58.8 Å². The average molecular weight is 519 g/mol. The van der Waals surface area contributed by atoms with E-state index in [1.165, 1.54) is 16.6 Å². The van der Waals surface area contributed by atoms with Crippen molar-refractivity contribution in [2.75, 3.05) is 0 Å². The van der Waals surface area contributed by atoms with E-state index in [2.05, 4.69) is 126 Å². The summed E-state index contributed by atoms with van der Waals surface area (Å²) in [5.41, 5.74) is 7.01. The fourth-order valence-corrected chi connectivity index (χ4v) is 5.33. The molecule has 0 saturated heterocycles. The quantitative estimate of drug-likeness (QED) is 0.225. The van der Waals surface area contributed by atoms with Gasteiger partial charge in [-0.15, -0.1) is 0 Å². The van der Waals surface area contributed by atoms with Gasteiger partial charge in [0.1, 0.15) is 22.8 Å². The Morgan fingerprint density at radius 2 is 1.41 bits per heavy atom. The summed E-state index contributed by atoms with van der Waals surface area (Å²) in [6.07, 6.45) is 0. The second-order valence-corrected chi connectivity index (χ2v) is 12.7. The molecule has 6 nitrogen and oxygen atoms in total. The van der Waals surface area contributed by atoms with Gasteiger partial charge in [-0.1, -0.05) is 59.7 Å². The number of para-hydroxylation sites is 2. The fourth-order valence-electron chi connectivity index (χ4n) is 5.33. The van der Waals surface area contributed by atoms with Gasteiger partial charge >= 0.3 is 0 Å². The Kier molecular flexibility index (Phi) is 5.48. The van der Waals surface area contributed by atoms with Crippen LogP contribution in [-0.4, -0.2) is 19.5 Å². The molecule has 0 N–H and O–H groups in total. The maximum atomic E-state index is 6.49. The van der Waals surface area contributed by atoms with Gasteiger partial charge in [-0.05, 0) is 48.9 Å². The van der Waals surface area contributed by atoms with Crippen LogP contribution in [-0.2, 0) is 24.9 Å². The van der Waals surface area contributed by atoms with E-state index in [-0.39, 0.29) is 10.8 Å². The molecular formula is C33H36N5O+. The fraction of sp³-hybridized carbons (Fsp3) is 0.333. The van der Waals surface area contributed by atoms with Gasteiger partial charge in [0.25, 0.3) is 5.82 Å². The first-order valence-electron chi connectivity index (χ1n) is 13.5. The number of imidazole rings is 1.